The minimum absolute atomic E-state index is 0.00173. The van der Waals surface area contributed by atoms with Gasteiger partial charge < -0.3 is 28.1 Å². The second-order valence-corrected chi connectivity index (χ2v) is 24.8. The lowest BCUT2D eigenvalue weighted by Gasteiger charge is -2.40. The molecule has 0 aromatic heterocycles. The molecule has 0 spiro atoms. The first-order valence-corrected chi connectivity index (χ1v) is 27.4. The van der Waals surface area contributed by atoms with E-state index in [0.717, 1.165) is 62.7 Å². The predicted molar refractivity (Wildman–Crippen MR) is 250 cm³/mol. The molecule has 0 N–H and O–H groups in total. The number of thioether (sulfide) groups is 1. The van der Waals surface area contributed by atoms with E-state index >= 15 is 0 Å². The van der Waals surface area contributed by atoms with E-state index in [-0.39, 0.29) is 54.4 Å². The lowest BCUT2D eigenvalue weighted by atomic mass is 9.93. The van der Waals surface area contributed by atoms with E-state index in [1.807, 2.05) is 30.4 Å². The highest BCUT2D eigenvalue weighted by Gasteiger charge is 2.43. The highest BCUT2D eigenvalue weighted by molar-refractivity contribution is 8.00. The Hall–Kier alpha value is -1.46. The quantitative estimate of drug-likeness (QED) is 0.0177. The molecular weight excluding hydrogens is 773 g/mol. The van der Waals surface area contributed by atoms with Crippen molar-refractivity contribution in [2.75, 3.05) is 13.9 Å². The SMILES string of the molecule is C=CCCCCCCC[C@H](CC(Sc1ccccc1)C(=O)O[C@H](CC=C)[C@H]1CC[C@@H]([C@@H]2CC[C@@H](OCOC)[C@H](CCCCCCCCCC)O2)O1)O[Si](C)(C)C(C)(C)C. The maximum Gasteiger partial charge on any atom is 0.319 e. The van der Waals surface area contributed by atoms with E-state index in [2.05, 4.69) is 66.1 Å². The van der Waals surface area contributed by atoms with Gasteiger partial charge in [0.05, 0.1) is 30.5 Å². The van der Waals surface area contributed by atoms with Crippen LogP contribution in [0, 0.1) is 0 Å². The first kappa shape index (κ1) is 51.9. The van der Waals surface area contributed by atoms with Gasteiger partial charge in [-0.1, -0.05) is 135 Å². The summed E-state index contributed by atoms with van der Waals surface area (Å²) in [6.45, 7) is 22.0. The number of allylic oxidation sites excluding steroid dienone is 1. The molecule has 1 aromatic carbocycles. The van der Waals surface area contributed by atoms with E-state index in [0.29, 0.717) is 12.8 Å². The number of ether oxygens (including phenoxy) is 5. The van der Waals surface area contributed by atoms with Crippen LogP contribution in [0.5, 0.6) is 0 Å². The molecule has 0 aliphatic carbocycles. The molecule has 7 nitrogen and oxygen atoms in total. The number of hydrogen-bond acceptors (Lipinski definition) is 8. The number of hydrogen-bond donors (Lipinski definition) is 0. The van der Waals surface area contributed by atoms with Crippen LogP contribution in [-0.2, 0) is 32.9 Å². The van der Waals surface area contributed by atoms with Crippen LogP contribution >= 0.6 is 11.8 Å². The van der Waals surface area contributed by atoms with Crippen LogP contribution in [0.2, 0.25) is 18.1 Å². The summed E-state index contributed by atoms with van der Waals surface area (Å²) in [7, 11) is -0.425. The van der Waals surface area contributed by atoms with Crippen LogP contribution in [0.1, 0.15) is 169 Å². The average molecular weight is 859 g/mol. The number of rotatable bonds is 32. The van der Waals surface area contributed by atoms with Crippen LogP contribution in [0.15, 0.2) is 60.5 Å². The third-order valence-electron chi connectivity index (χ3n) is 12.8. The molecule has 0 amide bonds. The molecule has 2 saturated heterocycles. The fourth-order valence-corrected chi connectivity index (χ4v) is 10.8. The standard InChI is InChI=1S/C50H86O7SSi/c1-10-13-15-17-19-21-23-28-33-44-42(53-39-52-7)34-35-46(54-44)47-37-36-45(55-47)43(29-12-3)56-49(51)48(58-41-31-26-24-27-32-41)38-40(57-59(8,9)50(4,5)6)30-25-22-20-18-16-14-11-2/h11-12,24,26-27,31-32,40,42-48H,2-3,10,13-23,25,28-30,33-39H2,1,4-9H3/t40-,42-,43-,44+,45-,46+,47+,48?/m1/s1. The van der Waals surface area contributed by atoms with Crippen LogP contribution < -0.4 is 0 Å². The molecule has 2 aliphatic heterocycles. The van der Waals surface area contributed by atoms with Crippen molar-refractivity contribution < 1.29 is 32.9 Å². The van der Waals surface area contributed by atoms with Crippen molar-refractivity contribution in [1.82, 2.24) is 0 Å². The van der Waals surface area contributed by atoms with E-state index in [4.69, 9.17) is 28.1 Å². The maximum atomic E-state index is 14.5. The molecule has 0 bridgehead atoms. The zero-order valence-corrected chi connectivity index (χ0v) is 40.4. The van der Waals surface area contributed by atoms with Crippen molar-refractivity contribution in [1.29, 1.82) is 0 Å². The summed E-state index contributed by atoms with van der Waals surface area (Å²) >= 11 is 1.60. The van der Waals surface area contributed by atoms with E-state index in [1.165, 1.54) is 70.6 Å². The Balaban J connectivity index is 1.69. The van der Waals surface area contributed by atoms with Crippen LogP contribution in [0.3, 0.4) is 0 Å². The number of methoxy groups -OCH3 is 1. The van der Waals surface area contributed by atoms with E-state index in [9.17, 15) is 4.79 Å². The van der Waals surface area contributed by atoms with Gasteiger partial charge in [-0.05, 0) is 88.1 Å². The van der Waals surface area contributed by atoms with E-state index < -0.39 is 19.7 Å². The van der Waals surface area contributed by atoms with Crippen molar-refractivity contribution in [3.63, 3.8) is 0 Å². The van der Waals surface area contributed by atoms with Gasteiger partial charge in [-0.25, -0.2) is 0 Å². The summed E-state index contributed by atoms with van der Waals surface area (Å²) in [6, 6.07) is 10.3. The van der Waals surface area contributed by atoms with Crippen molar-refractivity contribution in [2.45, 2.75) is 240 Å². The summed E-state index contributed by atoms with van der Waals surface area (Å²) in [4.78, 5) is 15.6. The molecule has 2 fully saturated rings. The summed E-state index contributed by atoms with van der Waals surface area (Å²) in [5.74, 6) is -0.191. The maximum absolute atomic E-state index is 14.5. The molecule has 59 heavy (non-hydrogen) atoms. The van der Waals surface area contributed by atoms with Gasteiger partial charge in [0, 0.05) is 24.5 Å². The monoisotopic (exact) mass is 859 g/mol. The summed E-state index contributed by atoms with van der Waals surface area (Å²) in [6.07, 6.45) is 27.1. The molecule has 8 atom stereocenters. The fourth-order valence-electron chi connectivity index (χ4n) is 8.25. The van der Waals surface area contributed by atoms with Gasteiger partial charge in [0.1, 0.15) is 18.1 Å². The Kier molecular flexibility index (Phi) is 25.5. The normalized spacial score (nSPS) is 22.8. The summed E-state index contributed by atoms with van der Waals surface area (Å²) < 4.78 is 38.7. The van der Waals surface area contributed by atoms with Crippen molar-refractivity contribution in [3.8, 4) is 0 Å². The molecular formula is C50H86O7SSi. The molecule has 3 rings (SSSR count). The number of benzene rings is 1. The van der Waals surface area contributed by atoms with Crippen molar-refractivity contribution >= 4 is 26.0 Å². The molecule has 338 valence electrons. The molecule has 2 heterocycles. The Morgan fingerprint density at radius 3 is 2.17 bits per heavy atom. The van der Waals surface area contributed by atoms with Gasteiger partial charge in [0.15, 0.2) is 8.32 Å². The summed E-state index contributed by atoms with van der Waals surface area (Å²) in [5, 5.41) is -0.343. The minimum atomic E-state index is -2.10. The lowest BCUT2D eigenvalue weighted by Crippen LogP contribution is -2.46. The van der Waals surface area contributed by atoms with Gasteiger partial charge in [-0.15, -0.1) is 24.9 Å². The van der Waals surface area contributed by atoms with Gasteiger partial charge in [0.2, 0.25) is 0 Å². The Morgan fingerprint density at radius 2 is 1.51 bits per heavy atom. The largest absolute Gasteiger partial charge is 0.458 e. The molecule has 0 radical (unpaired) electrons. The third-order valence-corrected chi connectivity index (χ3v) is 18.5. The highest BCUT2D eigenvalue weighted by Crippen LogP contribution is 2.40. The highest BCUT2D eigenvalue weighted by atomic mass is 32.2. The summed E-state index contributed by atoms with van der Waals surface area (Å²) in [5.41, 5.74) is 0. The fraction of sp³-hybridized carbons (Fsp3) is 0.780. The van der Waals surface area contributed by atoms with Crippen molar-refractivity contribution in [3.05, 3.63) is 55.6 Å². The second-order valence-electron chi connectivity index (χ2n) is 18.7. The molecule has 0 saturated carbocycles. The molecule has 1 aromatic rings. The predicted octanol–water partition coefficient (Wildman–Crippen LogP) is 13.9. The molecule has 1 unspecified atom stereocenters. The number of esters is 1. The van der Waals surface area contributed by atoms with Crippen LogP contribution in [-0.4, -0.2) is 76.2 Å². The molecule has 2 aliphatic rings. The smallest absolute Gasteiger partial charge is 0.319 e. The molecule has 9 heteroatoms. The van der Waals surface area contributed by atoms with E-state index in [1.54, 1.807) is 18.9 Å². The average Bonchev–Trinajstić information content (AvgIpc) is 3.71. The Morgan fingerprint density at radius 1 is 0.864 bits per heavy atom. The Labute approximate surface area is 367 Å². The zero-order valence-electron chi connectivity index (χ0n) is 38.6. The zero-order chi connectivity index (χ0) is 42.9. The second kappa shape index (κ2) is 29.0. The third kappa shape index (κ3) is 19.6. The van der Waals surface area contributed by atoms with Gasteiger partial charge in [-0.3, -0.25) is 4.79 Å². The Bertz CT molecular complexity index is 1270. The van der Waals surface area contributed by atoms with Crippen LogP contribution in [0.25, 0.3) is 0 Å². The lowest BCUT2D eigenvalue weighted by molar-refractivity contribution is -0.200. The first-order chi connectivity index (χ1) is 28.4. The van der Waals surface area contributed by atoms with Crippen LogP contribution in [0.4, 0.5) is 0 Å². The van der Waals surface area contributed by atoms with Gasteiger partial charge in [-0.2, -0.15) is 0 Å². The number of unbranched alkanes of at least 4 members (excludes halogenated alkanes) is 12. The van der Waals surface area contributed by atoms with Gasteiger partial charge >= 0.3 is 5.97 Å². The first-order valence-electron chi connectivity index (χ1n) is 23.7. The number of carbonyl (C=O) groups excluding carboxylic acids is 1. The van der Waals surface area contributed by atoms with Crippen molar-refractivity contribution in [2.24, 2.45) is 0 Å². The number of carbonyl (C=O) groups is 1. The topological polar surface area (TPSA) is 72.5 Å². The van der Waals surface area contributed by atoms with Gasteiger partial charge in [0.25, 0.3) is 0 Å². The minimum Gasteiger partial charge on any atom is -0.458 e.